The van der Waals surface area contributed by atoms with Gasteiger partial charge in [0.2, 0.25) is 11.8 Å². The second-order valence-corrected chi connectivity index (χ2v) is 6.19. The van der Waals surface area contributed by atoms with Gasteiger partial charge in [-0.3, -0.25) is 9.59 Å². The van der Waals surface area contributed by atoms with Gasteiger partial charge in [-0.2, -0.15) is 0 Å². The molecular weight excluding hydrogens is 232 g/mol. The summed E-state index contributed by atoms with van der Waals surface area (Å²) in [4.78, 5) is 24.4. The highest BCUT2D eigenvalue weighted by molar-refractivity contribution is 7.90. The number of nitrogens with zero attached hydrogens (tertiary/aromatic N) is 1. The largest absolute Gasteiger partial charge is 0.353 e. The van der Waals surface area contributed by atoms with E-state index in [1.54, 1.807) is 6.92 Å². The second-order valence-electron chi connectivity index (χ2n) is 3.93. The lowest BCUT2D eigenvalue weighted by atomic mass is 10.2. The molecule has 0 aromatic heterocycles. The molecular formula is C9H16N2O4S. The Labute approximate surface area is 94.9 Å². The third-order valence-corrected chi connectivity index (χ3v) is 3.45. The van der Waals surface area contributed by atoms with Crippen molar-refractivity contribution < 1.29 is 18.0 Å². The summed E-state index contributed by atoms with van der Waals surface area (Å²) in [5.74, 6) is -0.650. The van der Waals surface area contributed by atoms with Crippen molar-refractivity contribution in [1.29, 1.82) is 0 Å². The first kappa shape index (κ1) is 13.0. The summed E-state index contributed by atoms with van der Waals surface area (Å²) in [5, 5.41) is 2.64. The summed E-state index contributed by atoms with van der Waals surface area (Å²) in [5.41, 5.74) is 0. The van der Waals surface area contributed by atoms with E-state index in [-0.39, 0.29) is 24.0 Å². The van der Waals surface area contributed by atoms with E-state index in [9.17, 15) is 18.0 Å². The minimum Gasteiger partial charge on any atom is -0.353 e. The summed E-state index contributed by atoms with van der Waals surface area (Å²) in [7, 11) is -3.14. The number of hydrogen-bond acceptors (Lipinski definition) is 4. The average molecular weight is 248 g/mol. The van der Waals surface area contributed by atoms with Crippen LogP contribution in [0.25, 0.3) is 0 Å². The lowest BCUT2D eigenvalue weighted by Gasteiger charge is -2.32. The van der Waals surface area contributed by atoms with Gasteiger partial charge in [-0.15, -0.1) is 0 Å². The van der Waals surface area contributed by atoms with Crippen LogP contribution in [0.5, 0.6) is 0 Å². The lowest BCUT2D eigenvalue weighted by Crippen LogP contribution is -2.56. The van der Waals surface area contributed by atoms with Crippen molar-refractivity contribution in [2.24, 2.45) is 0 Å². The molecule has 0 radical (unpaired) electrons. The molecule has 0 aliphatic carbocycles. The van der Waals surface area contributed by atoms with E-state index in [1.807, 2.05) is 0 Å². The Hall–Kier alpha value is -1.11. The van der Waals surface area contributed by atoms with Crippen molar-refractivity contribution >= 4 is 21.7 Å². The first-order chi connectivity index (χ1) is 7.31. The van der Waals surface area contributed by atoms with Gasteiger partial charge in [0.05, 0.1) is 5.75 Å². The zero-order valence-corrected chi connectivity index (χ0v) is 10.2. The molecule has 1 fully saturated rings. The predicted octanol–water partition coefficient (Wildman–Crippen LogP) is -1.23. The van der Waals surface area contributed by atoms with Gasteiger partial charge in [-0.1, -0.05) is 0 Å². The van der Waals surface area contributed by atoms with E-state index >= 15 is 0 Å². The van der Waals surface area contributed by atoms with Crippen LogP contribution in [0.3, 0.4) is 0 Å². The van der Waals surface area contributed by atoms with E-state index in [0.717, 1.165) is 6.26 Å². The fourth-order valence-electron chi connectivity index (χ4n) is 1.54. The number of carbonyl (C=O) groups is 2. The number of carbonyl (C=O) groups excluding carboxylic acids is 2. The van der Waals surface area contributed by atoms with Crippen LogP contribution < -0.4 is 5.32 Å². The highest BCUT2D eigenvalue weighted by atomic mass is 32.2. The van der Waals surface area contributed by atoms with Gasteiger partial charge in [0.25, 0.3) is 0 Å². The van der Waals surface area contributed by atoms with Crippen molar-refractivity contribution in [2.45, 2.75) is 19.4 Å². The molecule has 1 aliphatic heterocycles. The van der Waals surface area contributed by atoms with Crippen molar-refractivity contribution in [3.05, 3.63) is 0 Å². The second kappa shape index (κ2) is 4.82. The first-order valence-corrected chi connectivity index (χ1v) is 7.12. The zero-order chi connectivity index (χ0) is 12.3. The molecule has 6 nitrogen and oxygen atoms in total. The van der Waals surface area contributed by atoms with Gasteiger partial charge < -0.3 is 10.2 Å². The molecule has 1 heterocycles. The zero-order valence-electron chi connectivity index (χ0n) is 9.39. The Morgan fingerprint density at radius 3 is 2.75 bits per heavy atom. The number of piperazine rings is 1. The molecule has 2 amide bonds. The quantitative estimate of drug-likeness (QED) is 0.677. The first-order valence-electron chi connectivity index (χ1n) is 5.06. The molecule has 0 bridgehead atoms. The van der Waals surface area contributed by atoms with E-state index in [1.165, 1.54) is 4.90 Å². The Bertz CT molecular complexity index is 390. The fourth-order valence-corrected chi connectivity index (χ4v) is 2.08. The van der Waals surface area contributed by atoms with E-state index in [0.29, 0.717) is 13.1 Å². The number of rotatable bonds is 3. The van der Waals surface area contributed by atoms with Crippen molar-refractivity contribution in [2.75, 3.05) is 25.1 Å². The molecule has 1 aliphatic rings. The van der Waals surface area contributed by atoms with Crippen LogP contribution in [-0.2, 0) is 19.4 Å². The Morgan fingerprint density at radius 2 is 2.19 bits per heavy atom. The van der Waals surface area contributed by atoms with Crippen LogP contribution in [0.4, 0.5) is 0 Å². The molecule has 7 heteroatoms. The van der Waals surface area contributed by atoms with Crippen LogP contribution in [0.15, 0.2) is 0 Å². The number of hydrogen-bond donors (Lipinski definition) is 1. The molecule has 0 saturated carbocycles. The maximum atomic E-state index is 11.7. The lowest BCUT2D eigenvalue weighted by molar-refractivity contribution is -0.142. The van der Waals surface area contributed by atoms with Crippen LogP contribution in [0.1, 0.15) is 13.3 Å². The van der Waals surface area contributed by atoms with Crippen LogP contribution in [0, 0.1) is 0 Å². The van der Waals surface area contributed by atoms with Gasteiger partial charge in [-0.25, -0.2) is 8.42 Å². The Balaban J connectivity index is 2.56. The molecule has 16 heavy (non-hydrogen) atoms. The normalized spacial score (nSPS) is 21.8. The third-order valence-electron chi connectivity index (χ3n) is 2.51. The monoisotopic (exact) mass is 248 g/mol. The summed E-state index contributed by atoms with van der Waals surface area (Å²) in [6.45, 7) is 2.50. The van der Waals surface area contributed by atoms with Crippen molar-refractivity contribution in [1.82, 2.24) is 10.2 Å². The SMILES string of the molecule is CC1C(=O)NCCN1C(=O)CCS(C)(=O)=O. The molecule has 0 aromatic carbocycles. The summed E-state index contributed by atoms with van der Waals surface area (Å²) in [6.07, 6.45) is 1.03. The average Bonchev–Trinajstić information content (AvgIpc) is 2.17. The van der Waals surface area contributed by atoms with E-state index < -0.39 is 15.9 Å². The third kappa shape index (κ3) is 3.48. The number of nitrogens with one attached hydrogen (secondary N) is 1. The highest BCUT2D eigenvalue weighted by Crippen LogP contribution is 2.06. The van der Waals surface area contributed by atoms with Crippen molar-refractivity contribution in [3.63, 3.8) is 0 Å². The smallest absolute Gasteiger partial charge is 0.242 e. The molecule has 1 atom stereocenters. The fraction of sp³-hybridized carbons (Fsp3) is 0.778. The molecule has 1 rings (SSSR count). The number of amides is 2. The van der Waals surface area contributed by atoms with Gasteiger partial charge in [-0.05, 0) is 6.92 Å². The van der Waals surface area contributed by atoms with Crippen LogP contribution >= 0.6 is 0 Å². The van der Waals surface area contributed by atoms with E-state index in [4.69, 9.17) is 0 Å². The topological polar surface area (TPSA) is 83.6 Å². The highest BCUT2D eigenvalue weighted by Gasteiger charge is 2.29. The summed E-state index contributed by atoms with van der Waals surface area (Å²) < 4.78 is 21.8. The summed E-state index contributed by atoms with van der Waals surface area (Å²) in [6, 6.07) is -0.513. The standard InChI is InChI=1S/C9H16N2O4S/c1-7-9(13)10-4-5-11(7)8(12)3-6-16(2,14)15/h7H,3-6H2,1-2H3,(H,10,13). The summed E-state index contributed by atoms with van der Waals surface area (Å²) >= 11 is 0. The molecule has 0 spiro atoms. The maximum absolute atomic E-state index is 11.7. The maximum Gasteiger partial charge on any atom is 0.242 e. The molecule has 1 unspecified atom stereocenters. The minimum absolute atomic E-state index is 0.0591. The van der Waals surface area contributed by atoms with Gasteiger partial charge in [0.1, 0.15) is 15.9 Å². The molecule has 1 N–H and O–H groups in total. The van der Waals surface area contributed by atoms with Crippen LogP contribution in [0.2, 0.25) is 0 Å². The van der Waals surface area contributed by atoms with Crippen LogP contribution in [-0.4, -0.2) is 56.3 Å². The predicted molar refractivity (Wildman–Crippen MR) is 58.5 cm³/mol. The molecule has 1 saturated heterocycles. The van der Waals surface area contributed by atoms with Gasteiger partial charge in [0, 0.05) is 25.8 Å². The number of sulfone groups is 1. The minimum atomic E-state index is -3.14. The van der Waals surface area contributed by atoms with Gasteiger partial charge in [0.15, 0.2) is 0 Å². The molecule has 92 valence electrons. The Morgan fingerprint density at radius 1 is 1.56 bits per heavy atom. The van der Waals surface area contributed by atoms with E-state index in [2.05, 4.69) is 5.32 Å². The van der Waals surface area contributed by atoms with Gasteiger partial charge >= 0.3 is 0 Å². The van der Waals surface area contributed by atoms with Crippen molar-refractivity contribution in [3.8, 4) is 0 Å². The Kier molecular flexibility index (Phi) is 3.90. The molecule has 0 aromatic rings.